The molecule has 2 aromatic carbocycles. The maximum atomic E-state index is 13.1. The van der Waals surface area contributed by atoms with Gasteiger partial charge in [-0.2, -0.15) is 0 Å². The summed E-state index contributed by atoms with van der Waals surface area (Å²) in [5.74, 6) is 0.226. The maximum absolute atomic E-state index is 13.1. The van der Waals surface area contributed by atoms with Gasteiger partial charge in [0.25, 0.3) is 0 Å². The van der Waals surface area contributed by atoms with E-state index in [1.807, 2.05) is 56.3 Å². The van der Waals surface area contributed by atoms with E-state index in [2.05, 4.69) is 0 Å². The number of hydrogen-bond donors (Lipinski definition) is 1. The molecule has 1 N–H and O–H groups in total. The van der Waals surface area contributed by atoms with Crippen molar-refractivity contribution in [2.45, 2.75) is 37.8 Å². The molecule has 0 unspecified atom stereocenters. The van der Waals surface area contributed by atoms with Crippen molar-refractivity contribution in [1.29, 1.82) is 0 Å². The van der Waals surface area contributed by atoms with Gasteiger partial charge in [-0.3, -0.25) is 0 Å². The van der Waals surface area contributed by atoms with Crippen molar-refractivity contribution in [3.63, 3.8) is 0 Å². The number of nitrogens with zero attached hydrogens (tertiary/aromatic N) is 1. The fourth-order valence-electron chi connectivity index (χ4n) is 3.38. The Kier molecular flexibility index (Phi) is 3.27. The van der Waals surface area contributed by atoms with Gasteiger partial charge in [0.1, 0.15) is 5.75 Å². The van der Waals surface area contributed by atoms with Gasteiger partial charge < -0.3 is 5.11 Å². The molecule has 1 aliphatic rings. The third-order valence-corrected chi connectivity index (χ3v) is 4.88. The van der Waals surface area contributed by atoms with E-state index in [0.29, 0.717) is 0 Å². The molecule has 21 heavy (non-hydrogen) atoms. The second kappa shape index (κ2) is 4.86. The van der Waals surface area contributed by atoms with Crippen LogP contribution in [-0.2, 0) is 16.3 Å². The van der Waals surface area contributed by atoms with Crippen LogP contribution in [0.15, 0.2) is 54.6 Å². The van der Waals surface area contributed by atoms with Crippen LogP contribution in [0.3, 0.4) is 0 Å². The molecule has 3 rings (SSSR count). The van der Waals surface area contributed by atoms with Crippen LogP contribution in [0.5, 0.6) is 5.75 Å². The van der Waals surface area contributed by atoms with E-state index in [1.54, 1.807) is 12.1 Å². The highest BCUT2D eigenvalue weighted by molar-refractivity contribution is 5.34. The Morgan fingerprint density at radius 1 is 0.857 bits per heavy atom. The third kappa shape index (κ3) is 2.13. The van der Waals surface area contributed by atoms with Crippen molar-refractivity contribution < 1.29 is 10.3 Å². The van der Waals surface area contributed by atoms with Crippen LogP contribution >= 0.6 is 0 Å². The van der Waals surface area contributed by atoms with Crippen molar-refractivity contribution in [2.75, 3.05) is 0 Å². The SMILES string of the molecule is C[C@@]1(c2ccccc2)CC[C@@](C)(c2ccc(O)cc2)N1[O]. The molecule has 3 heteroatoms. The largest absolute Gasteiger partial charge is 0.508 e. The number of hydroxylamine groups is 2. The second-order valence-electron chi connectivity index (χ2n) is 6.25. The van der Waals surface area contributed by atoms with Gasteiger partial charge in [-0.05, 0) is 49.9 Å². The second-order valence-corrected chi connectivity index (χ2v) is 6.25. The summed E-state index contributed by atoms with van der Waals surface area (Å²) in [4.78, 5) is 0. The topological polar surface area (TPSA) is 43.4 Å². The average Bonchev–Trinajstić information content (AvgIpc) is 2.76. The summed E-state index contributed by atoms with van der Waals surface area (Å²) in [6.07, 6.45) is 1.62. The third-order valence-electron chi connectivity index (χ3n) is 4.88. The number of rotatable bonds is 2. The lowest BCUT2D eigenvalue weighted by molar-refractivity contribution is -0.260. The van der Waals surface area contributed by atoms with Crippen LogP contribution in [0.1, 0.15) is 37.8 Å². The fraction of sp³-hybridized carbons (Fsp3) is 0.333. The molecule has 109 valence electrons. The van der Waals surface area contributed by atoms with E-state index in [4.69, 9.17) is 0 Å². The molecule has 0 amide bonds. The Hall–Kier alpha value is -1.84. The molecular weight excluding hydrogens is 262 g/mol. The average molecular weight is 282 g/mol. The van der Waals surface area contributed by atoms with E-state index in [1.165, 1.54) is 5.06 Å². The number of aromatic hydroxyl groups is 1. The Bertz CT molecular complexity index is 625. The van der Waals surface area contributed by atoms with Crippen molar-refractivity contribution in [1.82, 2.24) is 5.06 Å². The Labute approximate surface area is 125 Å². The lowest BCUT2D eigenvalue weighted by Gasteiger charge is -2.37. The van der Waals surface area contributed by atoms with Gasteiger partial charge in [0.05, 0.1) is 11.1 Å². The first-order valence-corrected chi connectivity index (χ1v) is 7.29. The summed E-state index contributed by atoms with van der Waals surface area (Å²) in [5.41, 5.74) is 0.948. The van der Waals surface area contributed by atoms with Crippen LogP contribution in [-0.4, -0.2) is 10.2 Å². The minimum absolute atomic E-state index is 0.226. The fourth-order valence-corrected chi connectivity index (χ4v) is 3.38. The quantitative estimate of drug-likeness (QED) is 0.906. The minimum atomic E-state index is -0.557. The molecule has 1 saturated heterocycles. The number of benzene rings is 2. The Balaban J connectivity index is 1.99. The molecule has 0 saturated carbocycles. The van der Waals surface area contributed by atoms with Gasteiger partial charge in [-0.15, -0.1) is 10.3 Å². The zero-order valence-corrected chi connectivity index (χ0v) is 12.4. The van der Waals surface area contributed by atoms with Gasteiger partial charge in [-0.25, -0.2) is 0 Å². The van der Waals surface area contributed by atoms with Crippen molar-refractivity contribution in [3.8, 4) is 5.75 Å². The van der Waals surface area contributed by atoms with Gasteiger partial charge in [0.2, 0.25) is 0 Å². The van der Waals surface area contributed by atoms with Crippen molar-refractivity contribution >= 4 is 0 Å². The summed E-state index contributed by atoms with van der Waals surface area (Å²) in [5, 5.41) is 23.8. The summed E-state index contributed by atoms with van der Waals surface area (Å²) in [7, 11) is 0. The van der Waals surface area contributed by atoms with E-state index >= 15 is 0 Å². The smallest absolute Gasteiger partial charge is 0.115 e. The minimum Gasteiger partial charge on any atom is -0.508 e. The molecule has 2 aromatic rings. The molecule has 1 heterocycles. The van der Waals surface area contributed by atoms with E-state index in [9.17, 15) is 10.3 Å². The molecule has 0 spiro atoms. The van der Waals surface area contributed by atoms with Crippen LogP contribution in [0.25, 0.3) is 0 Å². The predicted molar refractivity (Wildman–Crippen MR) is 81.0 cm³/mol. The van der Waals surface area contributed by atoms with Crippen LogP contribution in [0, 0.1) is 0 Å². The molecule has 2 atom stereocenters. The van der Waals surface area contributed by atoms with Gasteiger partial charge >= 0.3 is 0 Å². The Morgan fingerprint density at radius 3 is 1.86 bits per heavy atom. The summed E-state index contributed by atoms with van der Waals surface area (Å²) >= 11 is 0. The lowest BCUT2D eigenvalue weighted by atomic mass is 9.89. The summed E-state index contributed by atoms with van der Waals surface area (Å²) < 4.78 is 0. The summed E-state index contributed by atoms with van der Waals surface area (Å²) in [6, 6.07) is 16.9. The first-order valence-electron chi connectivity index (χ1n) is 7.29. The van der Waals surface area contributed by atoms with E-state index in [-0.39, 0.29) is 5.75 Å². The molecule has 1 fully saturated rings. The monoisotopic (exact) mass is 282 g/mol. The van der Waals surface area contributed by atoms with Crippen molar-refractivity contribution in [2.24, 2.45) is 0 Å². The predicted octanol–water partition coefficient (Wildman–Crippen LogP) is 3.96. The first-order chi connectivity index (χ1) is 9.97. The molecule has 0 aromatic heterocycles. The maximum Gasteiger partial charge on any atom is 0.115 e. The highest BCUT2D eigenvalue weighted by atomic mass is 16.5. The van der Waals surface area contributed by atoms with Crippen LogP contribution in [0.4, 0.5) is 0 Å². The zero-order chi connectivity index (χ0) is 15.1. The number of hydrogen-bond acceptors (Lipinski definition) is 2. The standard InChI is InChI=1S/C18H20NO2/c1-17(14-6-4-3-5-7-14)12-13-18(2,19(17)21)15-8-10-16(20)11-9-15/h3-11,20H,12-13H2,1-2H3/t17-,18-/m0/s1. The molecule has 0 bridgehead atoms. The molecule has 3 nitrogen and oxygen atoms in total. The van der Waals surface area contributed by atoms with E-state index in [0.717, 1.165) is 24.0 Å². The molecule has 1 radical (unpaired) electrons. The van der Waals surface area contributed by atoms with Crippen LogP contribution < -0.4 is 0 Å². The van der Waals surface area contributed by atoms with E-state index < -0.39 is 11.1 Å². The zero-order valence-electron chi connectivity index (χ0n) is 12.4. The highest BCUT2D eigenvalue weighted by Gasteiger charge is 2.52. The Morgan fingerprint density at radius 2 is 1.33 bits per heavy atom. The molecule has 1 aliphatic heterocycles. The lowest BCUT2D eigenvalue weighted by Crippen LogP contribution is -2.44. The van der Waals surface area contributed by atoms with Crippen LogP contribution in [0.2, 0.25) is 0 Å². The highest BCUT2D eigenvalue weighted by Crippen LogP contribution is 2.50. The molecule has 0 aliphatic carbocycles. The van der Waals surface area contributed by atoms with Gasteiger partial charge in [0, 0.05) is 0 Å². The van der Waals surface area contributed by atoms with Gasteiger partial charge in [0.15, 0.2) is 0 Å². The summed E-state index contributed by atoms with van der Waals surface area (Å²) in [6.45, 7) is 4.00. The normalized spacial score (nSPS) is 29.7. The number of phenolic OH excluding ortho intramolecular Hbond substituents is 1. The first kappa shape index (κ1) is 14.1. The van der Waals surface area contributed by atoms with Gasteiger partial charge in [-0.1, -0.05) is 42.5 Å². The number of phenols is 1. The molecular formula is C18H20NO2. The van der Waals surface area contributed by atoms with Crippen molar-refractivity contribution in [3.05, 3.63) is 65.7 Å².